The summed E-state index contributed by atoms with van der Waals surface area (Å²) in [5, 5.41) is 4.03. The van der Waals surface area contributed by atoms with Crippen LogP contribution in [0.1, 0.15) is 28.8 Å². The minimum atomic E-state index is -0.0361. The zero-order chi connectivity index (χ0) is 17.9. The summed E-state index contributed by atoms with van der Waals surface area (Å²) in [4.78, 5) is 11.3. The average Bonchev–Trinajstić information content (AvgIpc) is 3.01. The Bertz CT molecular complexity index is 859. The molecule has 1 aliphatic rings. The van der Waals surface area contributed by atoms with E-state index < -0.39 is 0 Å². The minimum absolute atomic E-state index is 0.0361. The van der Waals surface area contributed by atoms with Gasteiger partial charge in [0.2, 0.25) is 0 Å². The van der Waals surface area contributed by atoms with Crippen molar-refractivity contribution in [3.05, 3.63) is 65.4 Å². The van der Waals surface area contributed by atoms with Crippen LogP contribution in [0, 0.1) is 13.8 Å². The van der Waals surface area contributed by atoms with Crippen molar-refractivity contribution in [1.29, 1.82) is 0 Å². The fourth-order valence-corrected chi connectivity index (χ4v) is 3.39. The Morgan fingerprint density at radius 2 is 2.00 bits per heavy atom. The second-order valence-corrected chi connectivity index (χ2v) is 6.60. The Morgan fingerprint density at radius 3 is 2.77 bits per heavy atom. The normalized spacial score (nSPS) is 18.2. The van der Waals surface area contributed by atoms with Crippen molar-refractivity contribution >= 4 is 0 Å². The van der Waals surface area contributed by atoms with E-state index in [-0.39, 0.29) is 6.10 Å². The van der Waals surface area contributed by atoms with Gasteiger partial charge in [-0.3, -0.25) is 9.88 Å². The first-order valence-corrected chi connectivity index (χ1v) is 8.84. The van der Waals surface area contributed by atoms with Crippen molar-refractivity contribution in [1.82, 2.24) is 20.0 Å². The van der Waals surface area contributed by atoms with Gasteiger partial charge >= 0.3 is 0 Å². The van der Waals surface area contributed by atoms with Crippen LogP contribution in [0.15, 0.2) is 47.2 Å². The number of nitrogens with zero attached hydrogens (tertiary/aromatic N) is 4. The molecule has 0 aromatic carbocycles. The van der Waals surface area contributed by atoms with E-state index in [0.717, 1.165) is 48.0 Å². The fraction of sp³-hybridized carbons (Fsp3) is 0.350. The number of aryl methyl sites for hydroxylation is 2. The summed E-state index contributed by atoms with van der Waals surface area (Å²) in [5.74, 6) is 0.788. The summed E-state index contributed by atoms with van der Waals surface area (Å²) in [6.07, 6.45) is 3.63. The Balaban J connectivity index is 1.53. The topological polar surface area (TPSA) is 64.3 Å². The smallest absolute Gasteiger partial charge is 0.143 e. The van der Waals surface area contributed by atoms with E-state index in [0.29, 0.717) is 6.61 Å². The predicted octanol–water partition coefficient (Wildman–Crippen LogP) is 3.32. The van der Waals surface area contributed by atoms with Crippen molar-refractivity contribution in [2.75, 3.05) is 19.7 Å². The number of morpholine rings is 1. The van der Waals surface area contributed by atoms with E-state index in [2.05, 4.69) is 27.2 Å². The van der Waals surface area contributed by atoms with Crippen LogP contribution in [0.5, 0.6) is 0 Å². The summed E-state index contributed by atoms with van der Waals surface area (Å²) in [7, 11) is 0. The van der Waals surface area contributed by atoms with Gasteiger partial charge < -0.3 is 9.26 Å². The highest BCUT2D eigenvalue weighted by molar-refractivity contribution is 5.63. The molecule has 3 aromatic rings. The summed E-state index contributed by atoms with van der Waals surface area (Å²) < 4.78 is 11.3. The van der Waals surface area contributed by atoms with Crippen molar-refractivity contribution in [2.24, 2.45) is 0 Å². The van der Waals surface area contributed by atoms with Gasteiger partial charge in [0.15, 0.2) is 0 Å². The molecule has 0 spiro atoms. The Hall–Kier alpha value is -2.57. The third kappa shape index (κ3) is 3.52. The van der Waals surface area contributed by atoms with Gasteiger partial charge in [0, 0.05) is 32.0 Å². The highest BCUT2D eigenvalue weighted by Gasteiger charge is 2.24. The predicted molar refractivity (Wildman–Crippen MR) is 97.4 cm³/mol. The zero-order valence-corrected chi connectivity index (χ0v) is 15.1. The molecule has 0 amide bonds. The first-order valence-electron chi connectivity index (χ1n) is 8.84. The summed E-state index contributed by atoms with van der Waals surface area (Å²) in [6, 6.07) is 10.2. The Labute approximate surface area is 152 Å². The molecule has 1 fully saturated rings. The molecule has 0 radical (unpaired) electrons. The highest BCUT2D eigenvalue weighted by atomic mass is 16.5. The van der Waals surface area contributed by atoms with Gasteiger partial charge in [0.25, 0.3) is 0 Å². The van der Waals surface area contributed by atoms with Gasteiger partial charge in [-0.1, -0.05) is 11.2 Å². The van der Waals surface area contributed by atoms with Crippen LogP contribution >= 0.6 is 0 Å². The third-order valence-electron chi connectivity index (χ3n) is 4.70. The SMILES string of the molecule is Cc1noc(C)c1-c1cccc(C2CN(Cc3ccncc3)CCO2)n1. The van der Waals surface area contributed by atoms with E-state index in [9.17, 15) is 0 Å². The Kier molecular flexibility index (Phi) is 4.77. The molecule has 3 aromatic heterocycles. The number of hydrogen-bond acceptors (Lipinski definition) is 6. The lowest BCUT2D eigenvalue weighted by atomic mass is 10.1. The second kappa shape index (κ2) is 7.35. The summed E-state index contributed by atoms with van der Waals surface area (Å²) in [5.41, 5.74) is 4.92. The standard InChI is InChI=1S/C20H22N4O2/c1-14-20(15(2)26-23-14)18-5-3-4-17(22-18)19-13-24(10-11-25-19)12-16-6-8-21-9-7-16/h3-9,19H,10-13H2,1-2H3. The lowest BCUT2D eigenvalue weighted by molar-refractivity contribution is -0.0349. The van der Waals surface area contributed by atoms with Gasteiger partial charge in [-0.25, -0.2) is 4.98 Å². The molecule has 1 unspecified atom stereocenters. The number of hydrogen-bond donors (Lipinski definition) is 0. The molecule has 4 heterocycles. The van der Waals surface area contributed by atoms with Crippen LogP contribution in [-0.4, -0.2) is 39.7 Å². The van der Waals surface area contributed by atoms with Crippen LogP contribution in [-0.2, 0) is 11.3 Å². The molecule has 1 atom stereocenters. The van der Waals surface area contributed by atoms with Crippen molar-refractivity contribution in [2.45, 2.75) is 26.5 Å². The molecule has 0 aliphatic carbocycles. The zero-order valence-electron chi connectivity index (χ0n) is 15.1. The van der Waals surface area contributed by atoms with Crippen LogP contribution in [0.3, 0.4) is 0 Å². The molecule has 134 valence electrons. The molecule has 26 heavy (non-hydrogen) atoms. The second-order valence-electron chi connectivity index (χ2n) is 6.60. The van der Waals surface area contributed by atoms with Crippen LogP contribution in [0.25, 0.3) is 11.3 Å². The number of pyridine rings is 2. The summed E-state index contributed by atoms with van der Waals surface area (Å²) in [6.45, 7) is 7.19. The molecule has 1 saturated heterocycles. The molecular weight excluding hydrogens is 328 g/mol. The van der Waals surface area contributed by atoms with Gasteiger partial charge in [-0.15, -0.1) is 0 Å². The lowest BCUT2D eigenvalue weighted by Gasteiger charge is -2.32. The van der Waals surface area contributed by atoms with E-state index in [1.165, 1.54) is 5.56 Å². The molecule has 0 bridgehead atoms. The number of rotatable bonds is 4. The molecule has 6 nitrogen and oxygen atoms in total. The maximum atomic E-state index is 6.01. The minimum Gasteiger partial charge on any atom is -0.369 e. The first kappa shape index (κ1) is 16.9. The highest BCUT2D eigenvalue weighted by Crippen LogP contribution is 2.28. The van der Waals surface area contributed by atoms with E-state index in [4.69, 9.17) is 14.2 Å². The lowest BCUT2D eigenvalue weighted by Crippen LogP contribution is -2.38. The van der Waals surface area contributed by atoms with E-state index in [1.54, 1.807) is 0 Å². The van der Waals surface area contributed by atoms with E-state index in [1.807, 2.05) is 44.4 Å². The van der Waals surface area contributed by atoms with Gasteiger partial charge in [-0.2, -0.15) is 0 Å². The molecule has 6 heteroatoms. The largest absolute Gasteiger partial charge is 0.369 e. The fourth-order valence-electron chi connectivity index (χ4n) is 3.39. The van der Waals surface area contributed by atoms with Gasteiger partial charge in [0.1, 0.15) is 11.9 Å². The monoisotopic (exact) mass is 350 g/mol. The maximum absolute atomic E-state index is 6.01. The van der Waals surface area contributed by atoms with Gasteiger partial charge in [-0.05, 0) is 43.7 Å². The van der Waals surface area contributed by atoms with Crippen molar-refractivity contribution in [3.63, 3.8) is 0 Å². The molecular formula is C20H22N4O2. The van der Waals surface area contributed by atoms with Gasteiger partial charge in [0.05, 0.1) is 29.3 Å². The summed E-state index contributed by atoms with van der Waals surface area (Å²) >= 11 is 0. The molecule has 0 saturated carbocycles. The molecule has 4 rings (SSSR count). The number of aromatic nitrogens is 3. The van der Waals surface area contributed by atoms with Crippen LogP contribution < -0.4 is 0 Å². The maximum Gasteiger partial charge on any atom is 0.143 e. The van der Waals surface area contributed by atoms with Crippen molar-refractivity contribution in [3.8, 4) is 11.3 Å². The number of ether oxygens (including phenoxy) is 1. The Morgan fingerprint density at radius 1 is 1.15 bits per heavy atom. The van der Waals surface area contributed by atoms with Crippen LogP contribution in [0.4, 0.5) is 0 Å². The molecule has 0 N–H and O–H groups in total. The quantitative estimate of drug-likeness (QED) is 0.719. The van der Waals surface area contributed by atoms with Crippen LogP contribution in [0.2, 0.25) is 0 Å². The third-order valence-corrected chi connectivity index (χ3v) is 4.70. The average molecular weight is 350 g/mol. The van der Waals surface area contributed by atoms with E-state index >= 15 is 0 Å². The molecule has 1 aliphatic heterocycles. The first-order chi connectivity index (χ1) is 12.7. The van der Waals surface area contributed by atoms with Crippen molar-refractivity contribution < 1.29 is 9.26 Å².